The van der Waals surface area contributed by atoms with E-state index < -0.39 is 0 Å². The maximum Gasteiger partial charge on any atom is 0.224 e. The van der Waals surface area contributed by atoms with E-state index in [2.05, 4.69) is 21.2 Å². The van der Waals surface area contributed by atoms with Gasteiger partial charge in [0.05, 0.1) is 0 Å². The fourth-order valence-corrected chi connectivity index (χ4v) is 2.57. The predicted molar refractivity (Wildman–Crippen MR) is 81.8 cm³/mol. The lowest BCUT2D eigenvalue weighted by Crippen LogP contribution is -2.18. The minimum absolute atomic E-state index is 0.0126. The van der Waals surface area contributed by atoms with Crippen LogP contribution in [0.25, 0.3) is 0 Å². The lowest BCUT2D eigenvalue weighted by Gasteiger charge is -2.17. The molecule has 0 unspecified atom stereocenters. The van der Waals surface area contributed by atoms with E-state index in [1.165, 1.54) is 6.07 Å². The van der Waals surface area contributed by atoms with Crippen molar-refractivity contribution < 1.29 is 13.9 Å². The second kappa shape index (κ2) is 5.85. The van der Waals surface area contributed by atoms with Gasteiger partial charge in [-0.3, -0.25) is 4.79 Å². The van der Waals surface area contributed by atoms with Gasteiger partial charge >= 0.3 is 0 Å². The minimum atomic E-state index is -0.310. The van der Waals surface area contributed by atoms with Crippen LogP contribution in [0.3, 0.4) is 0 Å². The molecule has 108 valence electrons. The van der Waals surface area contributed by atoms with E-state index in [9.17, 15) is 9.18 Å². The maximum absolute atomic E-state index is 13.7. The summed E-state index contributed by atoms with van der Waals surface area (Å²) in [7, 11) is 0. The first-order chi connectivity index (χ1) is 10.1. The molecule has 0 radical (unpaired) electrons. The fourth-order valence-electron chi connectivity index (χ4n) is 2.24. The zero-order chi connectivity index (χ0) is 14.8. The van der Waals surface area contributed by atoms with Crippen LogP contribution < -0.4 is 10.1 Å². The first-order valence-corrected chi connectivity index (χ1v) is 7.40. The van der Waals surface area contributed by atoms with E-state index in [4.69, 9.17) is 4.74 Å². The third-order valence-corrected chi connectivity index (χ3v) is 3.88. The van der Waals surface area contributed by atoms with Crippen molar-refractivity contribution >= 4 is 27.5 Å². The summed E-state index contributed by atoms with van der Waals surface area (Å²) < 4.78 is 20.0. The number of benzene rings is 2. The summed E-state index contributed by atoms with van der Waals surface area (Å²) >= 11 is 3.22. The van der Waals surface area contributed by atoms with Crippen LogP contribution in [0.2, 0.25) is 0 Å². The van der Waals surface area contributed by atoms with Crippen LogP contribution in [-0.4, -0.2) is 5.91 Å². The van der Waals surface area contributed by atoms with Gasteiger partial charge in [-0.15, -0.1) is 0 Å². The number of rotatable bonds is 3. The number of fused-ring (bicyclic) bond motifs is 1. The molecule has 0 spiro atoms. The molecule has 3 nitrogen and oxygen atoms in total. The Hall–Kier alpha value is -1.88. The van der Waals surface area contributed by atoms with Crippen molar-refractivity contribution in [2.45, 2.75) is 19.4 Å². The van der Waals surface area contributed by atoms with Crippen LogP contribution in [0, 0.1) is 5.82 Å². The summed E-state index contributed by atoms with van der Waals surface area (Å²) in [5.74, 6) is 0.313. The Bertz CT molecular complexity index is 703. The summed E-state index contributed by atoms with van der Waals surface area (Å²) in [5.41, 5.74) is 2.36. The molecule has 0 saturated heterocycles. The Balaban J connectivity index is 1.73. The van der Waals surface area contributed by atoms with E-state index in [1.807, 2.05) is 12.1 Å². The van der Waals surface area contributed by atoms with E-state index in [0.717, 1.165) is 17.7 Å². The maximum atomic E-state index is 13.7. The summed E-state index contributed by atoms with van der Waals surface area (Å²) in [6.45, 7) is 0.145. The van der Waals surface area contributed by atoms with Gasteiger partial charge in [-0.05, 0) is 30.2 Å². The van der Waals surface area contributed by atoms with Gasteiger partial charge in [0.1, 0.15) is 18.2 Å². The third-order valence-electron chi connectivity index (χ3n) is 3.39. The Morgan fingerprint density at radius 1 is 1.19 bits per heavy atom. The lowest BCUT2D eigenvalue weighted by atomic mass is 10.0. The standard InChI is InChI=1S/C16H13BrFNO2/c17-12-4-1-11(14(18)7-12)9-21-13-5-2-10-3-6-16(20)19-15(10)8-13/h1-2,4-5,7-8H,3,6,9H2,(H,19,20). The van der Waals surface area contributed by atoms with Gasteiger partial charge < -0.3 is 10.1 Å². The Kier molecular flexibility index (Phi) is 3.92. The highest BCUT2D eigenvalue weighted by atomic mass is 79.9. The molecular weight excluding hydrogens is 337 g/mol. The molecule has 5 heteroatoms. The number of carbonyl (C=O) groups is 1. The molecule has 1 heterocycles. The molecule has 0 fully saturated rings. The van der Waals surface area contributed by atoms with Crippen LogP contribution in [0.1, 0.15) is 17.5 Å². The number of aryl methyl sites for hydroxylation is 1. The molecule has 2 aromatic rings. The van der Waals surface area contributed by atoms with Crippen LogP contribution in [0.4, 0.5) is 10.1 Å². The molecule has 1 amide bonds. The second-order valence-electron chi connectivity index (χ2n) is 4.89. The SMILES string of the molecule is O=C1CCc2ccc(OCc3ccc(Br)cc3F)cc2N1. The summed E-state index contributed by atoms with van der Waals surface area (Å²) in [4.78, 5) is 11.4. The zero-order valence-corrected chi connectivity index (χ0v) is 12.7. The first kappa shape index (κ1) is 14.1. The number of halogens is 2. The number of nitrogens with one attached hydrogen (secondary N) is 1. The van der Waals surface area contributed by atoms with Gasteiger partial charge in [0.25, 0.3) is 0 Å². The van der Waals surface area contributed by atoms with Crippen molar-refractivity contribution in [3.05, 3.63) is 57.8 Å². The first-order valence-electron chi connectivity index (χ1n) is 6.61. The average Bonchev–Trinajstić information content (AvgIpc) is 2.46. The van der Waals surface area contributed by atoms with Crippen molar-refractivity contribution in [2.24, 2.45) is 0 Å². The molecule has 0 aliphatic carbocycles. The van der Waals surface area contributed by atoms with Crippen molar-refractivity contribution in [3.63, 3.8) is 0 Å². The normalized spacial score (nSPS) is 13.5. The molecule has 3 rings (SSSR count). The average molecular weight is 350 g/mol. The van der Waals surface area contributed by atoms with Crippen molar-refractivity contribution in [3.8, 4) is 5.75 Å². The molecule has 1 aliphatic rings. The van der Waals surface area contributed by atoms with E-state index in [1.54, 1.807) is 18.2 Å². The molecule has 0 atom stereocenters. The summed E-state index contributed by atoms with van der Waals surface area (Å²) in [6, 6.07) is 10.4. The van der Waals surface area contributed by atoms with Crippen LogP contribution >= 0.6 is 15.9 Å². The summed E-state index contributed by atoms with van der Waals surface area (Å²) in [6.07, 6.45) is 1.25. The van der Waals surface area contributed by atoms with Crippen molar-refractivity contribution in [2.75, 3.05) is 5.32 Å². The van der Waals surface area contributed by atoms with Gasteiger partial charge in [-0.1, -0.05) is 28.1 Å². The highest BCUT2D eigenvalue weighted by Gasteiger charge is 2.15. The van der Waals surface area contributed by atoms with E-state index in [-0.39, 0.29) is 18.3 Å². The quantitative estimate of drug-likeness (QED) is 0.907. The van der Waals surface area contributed by atoms with Gasteiger partial charge in [-0.25, -0.2) is 4.39 Å². The molecule has 2 aromatic carbocycles. The summed E-state index contributed by atoms with van der Waals surface area (Å²) in [5, 5.41) is 2.82. The fraction of sp³-hybridized carbons (Fsp3) is 0.188. The van der Waals surface area contributed by atoms with Gasteiger partial charge in [0, 0.05) is 28.2 Å². The van der Waals surface area contributed by atoms with Gasteiger partial charge in [-0.2, -0.15) is 0 Å². The van der Waals surface area contributed by atoms with Gasteiger partial charge in [0.2, 0.25) is 5.91 Å². The molecule has 1 N–H and O–H groups in total. The third kappa shape index (κ3) is 3.24. The molecular formula is C16H13BrFNO2. The molecule has 0 saturated carbocycles. The second-order valence-corrected chi connectivity index (χ2v) is 5.81. The Morgan fingerprint density at radius 2 is 2.05 bits per heavy atom. The van der Waals surface area contributed by atoms with Crippen LogP contribution in [0.15, 0.2) is 40.9 Å². The van der Waals surface area contributed by atoms with Crippen LogP contribution in [0.5, 0.6) is 5.75 Å². The van der Waals surface area contributed by atoms with Crippen LogP contribution in [-0.2, 0) is 17.8 Å². The topological polar surface area (TPSA) is 38.3 Å². The number of anilines is 1. The molecule has 21 heavy (non-hydrogen) atoms. The highest BCUT2D eigenvalue weighted by Crippen LogP contribution is 2.27. The molecule has 1 aliphatic heterocycles. The zero-order valence-electron chi connectivity index (χ0n) is 11.2. The number of ether oxygens (including phenoxy) is 1. The smallest absolute Gasteiger partial charge is 0.224 e. The Morgan fingerprint density at radius 3 is 2.86 bits per heavy atom. The van der Waals surface area contributed by atoms with Gasteiger partial charge in [0.15, 0.2) is 0 Å². The number of amides is 1. The van der Waals surface area contributed by atoms with Crippen molar-refractivity contribution in [1.82, 2.24) is 0 Å². The highest BCUT2D eigenvalue weighted by molar-refractivity contribution is 9.10. The van der Waals surface area contributed by atoms with E-state index >= 15 is 0 Å². The number of carbonyl (C=O) groups excluding carboxylic acids is 1. The lowest BCUT2D eigenvalue weighted by molar-refractivity contribution is -0.116. The van der Waals surface area contributed by atoms with Crippen molar-refractivity contribution in [1.29, 1.82) is 0 Å². The van der Waals surface area contributed by atoms with E-state index in [0.29, 0.717) is 22.2 Å². The molecule has 0 aromatic heterocycles. The number of hydrogen-bond donors (Lipinski definition) is 1. The Labute approximate surface area is 130 Å². The largest absolute Gasteiger partial charge is 0.489 e. The predicted octanol–water partition coefficient (Wildman–Crippen LogP) is 4.05. The molecule has 0 bridgehead atoms. The monoisotopic (exact) mass is 349 g/mol. The minimum Gasteiger partial charge on any atom is -0.489 e. The number of hydrogen-bond acceptors (Lipinski definition) is 2.